The predicted molar refractivity (Wildman–Crippen MR) is 61.9 cm³/mol. The first-order valence-electron chi connectivity index (χ1n) is 5.57. The number of nitro groups is 1. The summed E-state index contributed by atoms with van der Waals surface area (Å²) >= 11 is 0. The van der Waals surface area contributed by atoms with E-state index < -0.39 is 16.5 Å². The Morgan fingerprint density at radius 1 is 1.56 bits per heavy atom. The molecule has 1 N–H and O–H groups in total. The number of cyclic esters (lactones) is 1. The fourth-order valence-corrected chi connectivity index (χ4v) is 2.04. The van der Waals surface area contributed by atoms with Gasteiger partial charge in [-0.15, -0.1) is 0 Å². The minimum absolute atomic E-state index is 0.0992. The minimum atomic E-state index is -1.67. The van der Waals surface area contributed by atoms with Crippen molar-refractivity contribution in [1.29, 1.82) is 0 Å². The zero-order valence-corrected chi connectivity index (χ0v) is 9.83. The molecular formula is C12H13NO5. The van der Waals surface area contributed by atoms with Crippen LogP contribution in [0.25, 0.3) is 0 Å². The van der Waals surface area contributed by atoms with Gasteiger partial charge in [-0.3, -0.25) is 10.1 Å². The lowest BCUT2D eigenvalue weighted by Gasteiger charge is -2.22. The average Bonchev–Trinajstić information content (AvgIpc) is 2.57. The monoisotopic (exact) mass is 251 g/mol. The van der Waals surface area contributed by atoms with Gasteiger partial charge in [0.25, 0.3) is 5.69 Å². The second-order valence-electron chi connectivity index (χ2n) is 4.49. The van der Waals surface area contributed by atoms with Crippen LogP contribution in [0.5, 0.6) is 0 Å². The Balaban J connectivity index is 2.34. The normalized spacial score (nSPS) is 27.0. The molecule has 0 spiro atoms. The summed E-state index contributed by atoms with van der Waals surface area (Å²) in [5, 5.41) is 21.2. The molecule has 6 nitrogen and oxygen atoms in total. The molecule has 1 aromatic rings. The highest BCUT2D eigenvalue weighted by Gasteiger charge is 2.49. The first-order chi connectivity index (χ1) is 8.45. The number of hydrogen-bond donors (Lipinski definition) is 1. The molecule has 0 amide bonds. The lowest BCUT2D eigenvalue weighted by molar-refractivity contribution is -0.385. The van der Waals surface area contributed by atoms with Crippen molar-refractivity contribution in [3.05, 3.63) is 39.9 Å². The third-order valence-electron chi connectivity index (χ3n) is 3.28. The maximum Gasteiger partial charge on any atom is 0.338 e. The number of ether oxygens (including phenoxy) is 1. The molecule has 6 heteroatoms. The third kappa shape index (κ3) is 1.95. The molecule has 96 valence electrons. The largest absolute Gasteiger partial charge is 0.463 e. The van der Waals surface area contributed by atoms with Gasteiger partial charge < -0.3 is 9.84 Å². The van der Waals surface area contributed by atoms with Crippen molar-refractivity contribution in [1.82, 2.24) is 0 Å². The number of para-hydroxylation sites is 1. The Bertz CT molecular complexity index is 501. The zero-order chi connectivity index (χ0) is 13.3. The molecule has 0 saturated carbocycles. The topological polar surface area (TPSA) is 89.7 Å². The van der Waals surface area contributed by atoms with E-state index in [1.54, 1.807) is 19.1 Å². The Morgan fingerprint density at radius 3 is 2.78 bits per heavy atom. The van der Waals surface area contributed by atoms with Crippen molar-refractivity contribution in [2.45, 2.75) is 18.9 Å². The molecular weight excluding hydrogens is 238 g/mol. The van der Waals surface area contributed by atoms with Crippen molar-refractivity contribution in [3.63, 3.8) is 0 Å². The SMILES string of the molecule is C[C@@H]1COC(=O)[C@@]1(O)Cc1ccccc1[N+](=O)[O-]. The highest BCUT2D eigenvalue weighted by Crippen LogP contribution is 2.32. The van der Waals surface area contributed by atoms with E-state index in [4.69, 9.17) is 4.74 Å². The van der Waals surface area contributed by atoms with Gasteiger partial charge in [-0.05, 0) is 0 Å². The van der Waals surface area contributed by atoms with Crippen molar-refractivity contribution in [3.8, 4) is 0 Å². The van der Waals surface area contributed by atoms with Gasteiger partial charge in [-0.1, -0.05) is 25.1 Å². The molecule has 1 heterocycles. The molecule has 0 radical (unpaired) electrons. The van der Waals surface area contributed by atoms with Crippen LogP contribution in [-0.2, 0) is 16.0 Å². The maximum atomic E-state index is 11.5. The van der Waals surface area contributed by atoms with Crippen LogP contribution in [0.2, 0.25) is 0 Å². The number of hydrogen-bond acceptors (Lipinski definition) is 5. The van der Waals surface area contributed by atoms with Crippen LogP contribution in [0, 0.1) is 16.0 Å². The smallest absolute Gasteiger partial charge is 0.338 e. The Hall–Kier alpha value is -1.95. The summed E-state index contributed by atoms with van der Waals surface area (Å²) in [5.74, 6) is -1.10. The summed E-state index contributed by atoms with van der Waals surface area (Å²) in [6.45, 7) is 1.82. The predicted octanol–water partition coefficient (Wildman–Crippen LogP) is 1.06. The number of carbonyl (C=O) groups excluding carboxylic acids is 1. The van der Waals surface area contributed by atoms with E-state index in [9.17, 15) is 20.0 Å². The molecule has 0 bridgehead atoms. The molecule has 2 atom stereocenters. The first-order valence-corrected chi connectivity index (χ1v) is 5.57. The van der Waals surface area contributed by atoms with Gasteiger partial charge in [0, 0.05) is 24.0 Å². The van der Waals surface area contributed by atoms with E-state index in [1.165, 1.54) is 12.1 Å². The van der Waals surface area contributed by atoms with Crippen LogP contribution in [-0.4, -0.2) is 28.2 Å². The summed E-state index contributed by atoms with van der Waals surface area (Å²) in [4.78, 5) is 21.9. The Morgan fingerprint density at radius 2 is 2.22 bits per heavy atom. The van der Waals surface area contributed by atoms with Crippen LogP contribution in [0.3, 0.4) is 0 Å². The summed E-state index contributed by atoms with van der Waals surface area (Å²) in [6, 6.07) is 6.07. The molecule has 1 aromatic carbocycles. The molecule has 18 heavy (non-hydrogen) atoms. The number of esters is 1. The minimum Gasteiger partial charge on any atom is -0.463 e. The number of rotatable bonds is 3. The van der Waals surface area contributed by atoms with Gasteiger partial charge in [0.05, 0.1) is 11.5 Å². The lowest BCUT2D eigenvalue weighted by Crippen LogP contribution is -2.42. The molecule has 1 aliphatic heterocycles. The van der Waals surface area contributed by atoms with E-state index in [0.717, 1.165) is 0 Å². The van der Waals surface area contributed by atoms with E-state index in [0.29, 0.717) is 5.56 Å². The van der Waals surface area contributed by atoms with E-state index in [1.807, 2.05) is 0 Å². The van der Waals surface area contributed by atoms with Crippen LogP contribution in [0.15, 0.2) is 24.3 Å². The van der Waals surface area contributed by atoms with Crippen LogP contribution >= 0.6 is 0 Å². The average molecular weight is 251 g/mol. The second kappa shape index (κ2) is 4.38. The van der Waals surface area contributed by atoms with Crippen molar-refractivity contribution in [2.24, 2.45) is 5.92 Å². The zero-order valence-electron chi connectivity index (χ0n) is 9.83. The quantitative estimate of drug-likeness (QED) is 0.493. The standard InChI is InChI=1S/C12H13NO5/c1-8-7-18-11(14)12(8,15)6-9-4-2-3-5-10(9)13(16)17/h2-5,8,15H,6-7H2,1H3/t8-,12-/m1/s1. The summed E-state index contributed by atoms with van der Waals surface area (Å²) < 4.78 is 4.79. The molecule has 1 aliphatic rings. The molecule has 1 saturated heterocycles. The summed E-state index contributed by atoms with van der Waals surface area (Å²) in [7, 11) is 0. The van der Waals surface area contributed by atoms with E-state index >= 15 is 0 Å². The van der Waals surface area contributed by atoms with Gasteiger partial charge in [0.1, 0.15) is 0 Å². The number of nitrogens with zero attached hydrogens (tertiary/aromatic N) is 1. The molecule has 0 aromatic heterocycles. The summed E-state index contributed by atoms with van der Waals surface area (Å²) in [6.07, 6.45) is -0.107. The van der Waals surface area contributed by atoms with Crippen LogP contribution in [0.4, 0.5) is 5.69 Å². The fourth-order valence-electron chi connectivity index (χ4n) is 2.04. The maximum absolute atomic E-state index is 11.5. The fraction of sp³-hybridized carbons (Fsp3) is 0.417. The summed E-state index contributed by atoms with van der Waals surface area (Å²) in [5.41, 5.74) is -1.44. The Kier molecular flexibility index (Phi) is 3.04. The third-order valence-corrected chi connectivity index (χ3v) is 3.28. The molecule has 1 fully saturated rings. The van der Waals surface area contributed by atoms with Crippen molar-refractivity contribution in [2.75, 3.05) is 6.61 Å². The number of benzene rings is 1. The first kappa shape index (κ1) is 12.5. The van der Waals surface area contributed by atoms with Gasteiger partial charge in [-0.2, -0.15) is 0 Å². The number of carbonyl (C=O) groups is 1. The molecule has 0 aliphatic carbocycles. The Labute approximate surface area is 103 Å². The molecule has 0 unspecified atom stereocenters. The van der Waals surface area contributed by atoms with Crippen LogP contribution in [0.1, 0.15) is 12.5 Å². The van der Waals surface area contributed by atoms with Gasteiger partial charge in [-0.25, -0.2) is 4.79 Å². The molecule has 2 rings (SSSR count). The van der Waals surface area contributed by atoms with E-state index in [-0.39, 0.29) is 24.6 Å². The second-order valence-corrected chi connectivity index (χ2v) is 4.49. The highest BCUT2D eigenvalue weighted by atomic mass is 16.6. The lowest BCUT2D eigenvalue weighted by atomic mass is 9.85. The number of aliphatic hydroxyl groups is 1. The van der Waals surface area contributed by atoms with Gasteiger partial charge >= 0.3 is 5.97 Å². The van der Waals surface area contributed by atoms with Gasteiger partial charge in [0.15, 0.2) is 5.60 Å². The van der Waals surface area contributed by atoms with Crippen molar-refractivity contribution >= 4 is 11.7 Å². The van der Waals surface area contributed by atoms with E-state index in [2.05, 4.69) is 0 Å². The van der Waals surface area contributed by atoms with Crippen LogP contribution < -0.4 is 0 Å². The van der Waals surface area contributed by atoms with Crippen molar-refractivity contribution < 1.29 is 19.6 Å². The van der Waals surface area contributed by atoms with Gasteiger partial charge in [0.2, 0.25) is 0 Å². The number of nitro benzene ring substituents is 1. The highest BCUT2D eigenvalue weighted by molar-refractivity contribution is 5.82.